The van der Waals surface area contributed by atoms with Gasteiger partial charge in [0.25, 0.3) is 0 Å². The van der Waals surface area contributed by atoms with E-state index in [0.717, 1.165) is 31.2 Å². The molecular weight excluding hydrogens is 387 g/mol. The summed E-state index contributed by atoms with van der Waals surface area (Å²) in [5.41, 5.74) is 2.30. The average Bonchev–Trinajstić information content (AvgIpc) is 2.87. The number of nitrogens with zero attached hydrogens (tertiary/aromatic N) is 1. The van der Waals surface area contributed by atoms with Crippen molar-refractivity contribution in [1.82, 2.24) is 15.6 Å². The van der Waals surface area contributed by atoms with Gasteiger partial charge in [-0.3, -0.25) is 0 Å². The van der Waals surface area contributed by atoms with E-state index in [0.29, 0.717) is 12.5 Å². The van der Waals surface area contributed by atoms with Crippen molar-refractivity contribution < 1.29 is 0 Å². The van der Waals surface area contributed by atoms with E-state index in [9.17, 15) is 0 Å². The Bertz CT molecular complexity index is 556. The number of rotatable bonds is 6. The molecule has 0 bridgehead atoms. The molecule has 22 heavy (non-hydrogen) atoms. The van der Waals surface area contributed by atoms with Gasteiger partial charge in [-0.1, -0.05) is 32.0 Å². The van der Waals surface area contributed by atoms with Crippen LogP contribution >= 0.6 is 24.0 Å². The maximum absolute atomic E-state index is 4.64. The molecule has 5 heteroatoms. The summed E-state index contributed by atoms with van der Waals surface area (Å²) in [6.07, 6.45) is 1.15. The van der Waals surface area contributed by atoms with E-state index in [1.165, 1.54) is 10.9 Å². The van der Waals surface area contributed by atoms with Crippen molar-refractivity contribution >= 4 is 40.8 Å². The Morgan fingerprint density at radius 3 is 2.68 bits per heavy atom. The lowest BCUT2D eigenvalue weighted by Gasteiger charge is -2.12. The highest BCUT2D eigenvalue weighted by molar-refractivity contribution is 14.0. The van der Waals surface area contributed by atoms with Crippen LogP contribution in [0.1, 0.15) is 32.9 Å². The Kier molecular flexibility index (Phi) is 8.30. The number of aromatic nitrogens is 1. The molecule has 1 heterocycles. The topological polar surface area (TPSA) is 52.2 Å². The lowest BCUT2D eigenvalue weighted by molar-refractivity contribution is 0.573. The van der Waals surface area contributed by atoms with Gasteiger partial charge in [-0.05, 0) is 36.8 Å². The third kappa shape index (κ3) is 5.87. The first-order chi connectivity index (χ1) is 10.2. The minimum atomic E-state index is 0. The quantitative estimate of drug-likeness (QED) is 0.382. The molecular formula is C17H27IN4. The van der Waals surface area contributed by atoms with Crippen molar-refractivity contribution in [3.63, 3.8) is 0 Å². The summed E-state index contributed by atoms with van der Waals surface area (Å²) in [6, 6.07) is 10.5. The van der Waals surface area contributed by atoms with E-state index >= 15 is 0 Å². The second kappa shape index (κ2) is 9.71. The molecule has 0 aliphatic heterocycles. The van der Waals surface area contributed by atoms with Crippen LogP contribution in [0.4, 0.5) is 0 Å². The maximum Gasteiger partial charge on any atom is 0.191 e. The monoisotopic (exact) mass is 414 g/mol. The molecule has 0 saturated carbocycles. The Balaban J connectivity index is 0.00000242. The highest BCUT2D eigenvalue weighted by atomic mass is 127. The van der Waals surface area contributed by atoms with E-state index in [2.05, 4.69) is 65.6 Å². The molecule has 0 unspecified atom stereocenters. The van der Waals surface area contributed by atoms with Crippen LogP contribution < -0.4 is 10.6 Å². The third-order valence-electron chi connectivity index (χ3n) is 3.35. The van der Waals surface area contributed by atoms with Gasteiger partial charge in [-0.15, -0.1) is 24.0 Å². The van der Waals surface area contributed by atoms with Crippen molar-refractivity contribution in [2.24, 2.45) is 10.9 Å². The van der Waals surface area contributed by atoms with Crippen LogP contribution in [0.2, 0.25) is 0 Å². The molecule has 0 saturated heterocycles. The van der Waals surface area contributed by atoms with Crippen LogP contribution in [0.15, 0.2) is 35.3 Å². The maximum atomic E-state index is 4.64. The van der Waals surface area contributed by atoms with Gasteiger partial charge in [0, 0.05) is 24.3 Å². The van der Waals surface area contributed by atoms with Crippen molar-refractivity contribution in [1.29, 1.82) is 0 Å². The molecule has 2 rings (SSSR count). The van der Waals surface area contributed by atoms with Crippen molar-refractivity contribution in [2.75, 3.05) is 13.1 Å². The predicted molar refractivity (Wildman–Crippen MR) is 106 cm³/mol. The summed E-state index contributed by atoms with van der Waals surface area (Å²) in [6.45, 7) is 9.04. The molecule has 0 spiro atoms. The molecule has 0 fully saturated rings. The number of fused-ring (bicyclic) bond motifs is 1. The normalized spacial score (nSPS) is 11.5. The first-order valence-electron chi connectivity index (χ1n) is 7.78. The summed E-state index contributed by atoms with van der Waals surface area (Å²) >= 11 is 0. The summed E-state index contributed by atoms with van der Waals surface area (Å²) < 4.78 is 0. The molecule has 0 radical (unpaired) electrons. The number of guanidine groups is 1. The SMILES string of the molecule is CCNC(=NCc1cc2ccccc2[nH]1)NCCC(C)C.I. The third-order valence-corrected chi connectivity index (χ3v) is 3.35. The predicted octanol–water partition coefficient (Wildman–Crippen LogP) is 3.89. The number of aromatic amines is 1. The van der Waals surface area contributed by atoms with Gasteiger partial charge in [0.05, 0.1) is 6.54 Å². The van der Waals surface area contributed by atoms with Gasteiger partial charge in [0.2, 0.25) is 0 Å². The molecule has 4 nitrogen and oxygen atoms in total. The fraction of sp³-hybridized carbons (Fsp3) is 0.471. The number of halogens is 1. The van der Waals surface area contributed by atoms with Crippen LogP contribution in [-0.4, -0.2) is 24.0 Å². The van der Waals surface area contributed by atoms with E-state index in [4.69, 9.17) is 0 Å². The smallest absolute Gasteiger partial charge is 0.191 e. The minimum absolute atomic E-state index is 0. The van der Waals surface area contributed by atoms with Crippen LogP contribution in [0.25, 0.3) is 10.9 Å². The number of para-hydroxylation sites is 1. The van der Waals surface area contributed by atoms with Crippen LogP contribution in [0.5, 0.6) is 0 Å². The molecule has 1 aromatic carbocycles. The lowest BCUT2D eigenvalue weighted by Crippen LogP contribution is -2.38. The molecule has 2 aromatic rings. The highest BCUT2D eigenvalue weighted by Crippen LogP contribution is 2.14. The first kappa shape index (κ1) is 18.8. The van der Waals surface area contributed by atoms with E-state index in [1.807, 2.05) is 6.07 Å². The van der Waals surface area contributed by atoms with Gasteiger partial charge >= 0.3 is 0 Å². The van der Waals surface area contributed by atoms with Crippen molar-refractivity contribution in [3.05, 3.63) is 36.0 Å². The second-order valence-corrected chi connectivity index (χ2v) is 5.69. The standard InChI is InChI=1S/C17H26N4.HI/c1-4-18-17(19-10-9-13(2)3)20-12-15-11-14-7-5-6-8-16(14)21-15;/h5-8,11,13,21H,4,9-10,12H2,1-3H3,(H2,18,19,20);1H. The molecule has 3 N–H and O–H groups in total. The van der Waals surface area contributed by atoms with Gasteiger partial charge in [-0.2, -0.15) is 0 Å². The van der Waals surface area contributed by atoms with Crippen molar-refractivity contribution in [2.45, 2.75) is 33.7 Å². The van der Waals surface area contributed by atoms with Gasteiger partial charge < -0.3 is 15.6 Å². The zero-order chi connectivity index (χ0) is 15.1. The van der Waals surface area contributed by atoms with E-state index in [1.54, 1.807) is 0 Å². The lowest BCUT2D eigenvalue weighted by atomic mass is 10.1. The summed E-state index contributed by atoms with van der Waals surface area (Å²) in [5, 5.41) is 7.90. The zero-order valence-electron chi connectivity index (χ0n) is 13.6. The van der Waals surface area contributed by atoms with E-state index in [-0.39, 0.29) is 24.0 Å². The Hall–Kier alpha value is -1.24. The van der Waals surface area contributed by atoms with E-state index < -0.39 is 0 Å². The fourth-order valence-electron chi connectivity index (χ4n) is 2.20. The number of hydrogen-bond acceptors (Lipinski definition) is 1. The highest BCUT2D eigenvalue weighted by Gasteiger charge is 2.01. The van der Waals surface area contributed by atoms with Gasteiger partial charge in [0.15, 0.2) is 5.96 Å². The number of hydrogen-bond donors (Lipinski definition) is 3. The minimum Gasteiger partial charge on any atom is -0.357 e. The molecule has 0 aliphatic rings. The van der Waals surface area contributed by atoms with Gasteiger partial charge in [-0.25, -0.2) is 4.99 Å². The first-order valence-corrected chi connectivity index (χ1v) is 7.78. The van der Waals surface area contributed by atoms with Crippen molar-refractivity contribution in [3.8, 4) is 0 Å². The largest absolute Gasteiger partial charge is 0.357 e. The number of nitrogens with one attached hydrogen (secondary N) is 3. The molecule has 0 amide bonds. The summed E-state index contributed by atoms with van der Waals surface area (Å²) in [4.78, 5) is 8.04. The fourth-order valence-corrected chi connectivity index (χ4v) is 2.20. The molecule has 0 atom stereocenters. The Morgan fingerprint density at radius 1 is 1.23 bits per heavy atom. The Morgan fingerprint density at radius 2 is 2.00 bits per heavy atom. The van der Waals surface area contributed by atoms with Crippen LogP contribution in [-0.2, 0) is 6.54 Å². The Labute approximate surface area is 150 Å². The molecule has 122 valence electrons. The number of benzene rings is 1. The van der Waals surface area contributed by atoms with Gasteiger partial charge in [0.1, 0.15) is 0 Å². The zero-order valence-corrected chi connectivity index (χ0v) is 16.0. The molecule has 1 aromatic heterocycles. The van der Waals surface area contributed by atoms with Crippen LogP contribution in [0, 0.1) is 5.92 Å². The molecule has 0 aliphatic carbocycles. The number of H-pyrrole nitrogens is 1. The summed E-state index contributed by atoms with van der Waals surface area (Å²) in [5.74, 6) is 1.59. The second-order valence-electron chi connectivity index (χ2n) is 5.69. The average molecular weight is 414 g/mol. The summed E-state index contributed by atoms with van der Waals surface area (Å²) in [7, 11) is 0. The number of aliphatic imine (C=N–C) groups is 1. The van der Waals surface area contributed by atoms with Crippen LogP contribution in [0.3, 0.4) is 0 Å².